The van der Waals surface area contributed by atoms with Crippen molar-refractivity contribution in [3.8, 4) is 0 Å². The summed E-state index contributed by atoms with van der Waals surface area (Å²) < 4.78 is 12.8. The quantitative estimate of drug-likeness (QED) is 0.598. The molecule has 0 saturated heterocycles. The van der Waals surface area contributed by atoms with Crippen LogP contribution in [0.4, 0.5) is 10.1 Å². The van der Waals surface area contributed by atoms with Gasteiger partial charge in [-0.25, -0.2) is 4.39 Å². The molecule has 0 atom stereocenters. The molecule has 0 aromatic heterocycles. The van der Waals surface area contributed by atoms with Crippen LogP contribution in [-0.4, -0.2) is 11.5 Å². The summed E-state index contributed by atoms with van der Waals surface area (Å²) in [6.45, 7) is 1.77. The van der Waals surface area contributed by atoms with Crippen LogP contribution in [0.2, 0.25) is 0 Å². The topological polar surface area (TPSA) is 29.4 Å². The summed E-state index contributed by atoms with van der Waals surface area (Å²) in [5, 5.41) is 0. The lowest BCUT2D eigenvalue weighted by atomic mass is 10.0. The first-order chi connectivity index (χ1) is 6.16. The fraction of sp³-hybridized carbons (Fsp3) is 0.200. The largest absolute Gasteiger partial charge is 0.294 e. The molecule has 0 aliphatic carbocycles. The van der Waals surface area contributed by atoms with Crippen molar-refractivity contribution in [2.24, 2.45) is 4.99 Å². The summed E-state index contributed by atoms with van der Waals surface area (Å²) in [5.74, 6) is -0.340. The Balaban J connectivity index is 2.63. The standard InChI is InChI=1S/C10H8FNO/c1-6-4-10(13)8-3-2-7(11)5-9(8)12-6/h2-3,5H,4H2,1H3. The van der Waals surface area contributed by atoms with Gasteiger partial charge in [0.15, 0.2) is 5.78 Å². The molecule has 1 aromatic carbocycles. The molecular formula is C10H8FNO. The van der Waals surface area contributed by atoms with Gasteiger partial charge in [0.25, 0.3) is 0 Å². The van der Waals surface area contributed by atoms with E-state index in [0.29, 0.717) is 17.7 Å². The van der Waals surface area contributed by atoms with Gasteiger partial charge < -0.3 is 0 Å². The van der Waals surface area contributed by atoms with E-state index in [1.165, 1.54) is 18.2 Å². The van der Waals surface area contributed by atoms with Gasteiger partial charge in [-0.2, -0.15) is 0 Å². The predicted molar refractivity (Wildman–Crippen MR) is 48.1 cm³/mol. The van der Waals surface area contributed by atoms with Crippen LogP contribution in [0.5, 0.6) is 0 Å². The van der Waals surface area contributed by atoms with Gasteiger partial charge in [0, 0.05) is 23.8 Å². The molecule has 0 unspecified atom stereocenters. The number of rotatable bonds is 0. The van der Waals surface area contributed by atoms with Gasteiger partial charge in [-0.15, -0.1) is 0 Å². The van der Waals surface area contributed by atoms with Crippen LogP contribution in [0.3, 0.4) is 0 Å². The van der Waals surface area contributed by atoms with E-state index in [2.05, 4.69) is 4.99 Å². The molecule has 0 N–H and O–H groups in total. The molecule has 0 spiro atoms. The van der Waals surface area contributed by atoms with E-state index in [1.807, 2.05) is 0 Å². The van der Waals surface area contributed by atoms with Crippen LogP contribution in [-0.2, 0) is 0 Å². The zero-order chi connectivity index (χ0) is 9.42. The first-order valence-corrected chi connectivity index (χ1v) is 4.04. The van der Waals surface area contributed by atoms with E-state index < -0.39 is 0 Å². The van der Waals surface area contributed by atoms with Crippen LogP contribution >= 0.6 is 0 Å². The van der Waals surface area contributed by atoms with Crippen molar-refractivity contribution < 1.29 is 9.18 Å². The molecule has 1 aromatic rings. The van der Waals surface area contributed by atoms with Crippen molar-refractivity contribution in [3.05, 3.63) is 29.6 Å². The third-order valence-electron chi connectivity index (χ3n) is 1.99. The SMILES string of the molecule is CC1=Nc2cc(F)ccc2C(=O)C1. The minimum absolute atomic E-state index is 0.0162. The lowest BCUT2D eigenvalue weighted by molar-refractivity contribution is 0.0999. The molecule has 2 rings (SSSR count). The Morgan fingerprint density at radius 1 is 1.46 bits per heavy atom. The second-order valence-corrected chi connectivity index (χ2v) is 3.11. The molecule has 0 amide bonds. The van der Waals surface area contributed by atoms with Crippen molar-refractivity contribution in [1.82, 2.24) is 0 Å². The highest BCUT2D eigenvalue weighted by Gasteiger charge is 2.17. The summed E-state index contributed by atoms with van der Waals surface area (Å²) in [6.07, 6.45) is 0.346. The number of carbonyl (C=O) groups excluding carboxylic acids is 1. The van der Waals surface area contributed by atoms with Crippen LogP contribution in [0, 0.1) is 5.82 Å². The summed E-state index contributed by atoms with van der Waals surface area (Å²) >= 11 is 0. The number of halogens is 1. The minimum Gasteiger partial charge on any atom is -0.294 e. The van der Waals surface area contributed by atoms with Gasteiger partial charge in [0.05, 0.1) is 5.69 Å². The average Bonchev–Trinajstić information content (AvgIpc) is 2.02. The summed E-state index contributed by atoms with van der Waals surface area (Å²) in [4.78, 5) is 15.5. The van der Waals surface area contributed by atoms with Crippen molar-refractivity contribution >= 4 is 17.2 Å². The number of aliphatic imine (C=N–C) groups is 1. The Bertz CT molecular complexity index is 409. The Kier molecular flexibility index (Phi) is 1.72. The normalized spacial score (nSPS) is 15.2. The van der Waals surface area contributed by atoms with E-state index in [4.69, 9.17) is 0 Å². The number of benzene rings is 1. The fourth-order valence-corrected chi connectivity index (χ4v) is 1.41. The van der Waals surface area contributed by atoms with Crippen molar-refractivity contribution in [2.45, 2.75) is 13.3 Å². The molecule has 1 aliphatic rings. The second kappa shape index (κ2) is 2.76. The van der Waals surface area contributed by atoms with Crippen molar-refractivity contribution in [1.29, 1.82) is 0 Å². The van der Waals surface area contributed by atoms with Gasteiger partial charge in [-0.1, -0.05) is 0 Å². The highest BCUT2D eigenvalue weighted by atomic mass is 19.1. The maximum absolute atomic E-state index is 12.8. The maximum atomic E-state index is 12.8. The zero-order valence-corrected chi connectivity index (χ0v) is 7.17. The first-order valence-electron chi connectivity index (χ1n) is 4.04. The van der Waals surface area contributed by atoms with E-state index in [-0.39, 0.29) is 11.6 Å². The molecule has 0 bridgehead atoms. The molecule has 1 aliphatic heterocycles. The third kappa shape index (κ3) is 1.37. The lowest BCUT2D eigenvalue weighted by Gasteiger charge is -2.11. The number of carbonyl (C=O) groups is 1. The number of Topliss-reactive ketones (excluding diaryl/α,β-unsaturated/α-hetero) is 1. The number of ketones is 1. The van der Waals surface area contributed by atoms with Crippen molar-refractivity contribution in [2.75, 3.05) is 0 Å². The van der Waals surface area contributed by atoms with Gasteiger partial charge in [-0.05, 0) is 19.1 Å². The van der Waals surface area contributed by atoms with Gasteiger partial charge in [0.2, 0.25) is 0 Å². The van der Waals surface area contributed by atoms with E-state index in [1.54, 1.807) is 6.92 Å². The van der Waals surface area contributed by atoms with Gasteiger partial charge >= 0.3 is 0 Å². The highest BCUT2D eigenvalue weighted by molar-refractivity contribution is 6.15. The van der Waals surface area contributed by atoms with Crippen molar-refractivity contribution in [3.63, 3.8) is 0 Å². The van der Waals surface area contributed by atoms with Crippen LogP contribution in [0.1, 0.15) is 23.7 Å². The lowest BCUT2D eigenvalue weighted by Crippen LogP contribution is -2.10. The predicted octanol–water partition coefficient (Wildman–Crippen LogP) is 2.50. The monoisotopic (exact) mass is 177 g/mol. The minimum atomic E-state index is -0.356. The number of fused-ring (bicyclic) bond motifs is 1. The molecule has 13 heavy (non-hydrogen) atoms. The fourth-order valence-electron chi connectivity index (χ4n) is 1.41. The van der Waals surface area contributed by atoms with Crippen LogP contribution in [0.25, 0.3) is 0 Å². The van der Waals surface area contributed by atoms with E-state index in [9.17, 15) is 9.18 Å². The highest BCUT2D eigenvalue weighted by Crippen LogP contribution is 2.26. The zero-order valence-electron chi connectivity index (χ0n) is 7.17. The molecule has 66 valence electrons. The first kappa shape index (κ1) is 8.10. The Labute approximate surface area is 75.1 Å². The van der Waals surface area contributed by atoms with Gasteiger partial charge in [0.1, 0.15) is 5.82 Å². The molecule has 1 heterocycles. The number of nitrogens with zero attached hydrogens (tertiary/aromatic N) is 1. The Hall–Kier alpha value is -1.51. The molecule has 0 fully saturated rings. The summed E-state index contributed by atoms with van der Waals surface area (Å²) in [5.41, 5.74) is 1.71. The van der Waals surface area contributed by atoms with E-state index >= 15 is 0 Å². The summed E-state index contributed by atoms with van der Waals surface area (Å²) in [7, 11) is 0. The average molecular weight is 177 g/mol. The third-order valence-corrected chi connectivity index (χ3v) is 1.99. The van der Waals surface area contributed by atoms with Gasteiger partial charge in [-0.3, -0.25) is 9.79 Å². The summed E-state index contributed by atoms with van der Waals surface area (Å²) in [6, 6.07) is 4.06. The molecule has 2 nitrogen and oxygen atoms in total. The van der Waals surface area contributed by atoms with Crippen LogP contribution in [0.15, 0.2) is 23.2 Å². The number of hydrogen-bond acceptors (Lipinski definition) is 2. The molecule has 0 saturated carbocycles. The maximum Gasteiger partial charge on any atom is 0.170 e. The molecule has 3 heteroatoms. The van der Waals surface area contributed by atoms with E-state index in [0.717, 1.165) is 5.71 Å². The Morgan fingerprint density at radius 2 is 2.23 bits per heavy atom. The Morgan fingerprint density at radius 3 is 3.00 bits per heavy atom. The smallest absolute Gasteiger partial charge is 0.170 e. The molecular weight excluding hydrogens is 169 g/mol. The molecule has 0 radical (unpaired) electrons. The van der Waals surface area contributed by atoms with Crippen LogP contribution < -0.4 is 0 Å². The second-order valence-electron chi connectivity index (χ2n) is 3.11. The number of hydrogen-bond donors (Lipinski definition) is 0.